The highest BCUT2D eigenvalue weighted by Crippen LogP contribution is 2.42. The minimum atomic E-state index is 0.333. The lowest BCUT2D eigenvalue weighted by atomic mass is 9.85. The highest BCUT2D eigenvalue weighted by atomic mass is 16.3. The first-order valence-corrected chi connectivity index (χ1v) is 5.50. The monoisotopic (exact) mass is 209 g/mol. The van der Waals surface area contributed by atoms with E-state index in [1.54, 1.807) is 6.07 Å². The van der Waals surface area contributed by atoms with E-state index in [1.807, 2.05) is 24.3 Å². The molecule has 0 aliphatic carbocycles. The number of hydrogen-bond donors (Lipinski definition) is 2. The van der Waals surface area contributed by atoms with Gasteiger partial charge in [-0.25, -0.2) is 0 Å². The zero-order valence-corrected chi connectivity index (χ0v) is 8.90. The van der Waals surface area contributed by atoms with Crippen LogP contribution in [0.15, 0.2) is 30.3 Å². The van der Waals surface area contributed by atoms with Gasteiger partial charge in [-0.15, -0.1) is 0 Å². The van der Waals surface area contributed by atoms with Crippen molar-refractivity contribution >= 4 is 24.3 Å². The van der Waals surface area contributed by atoms with E-state index in [2.05, 4.69) is 5.32 Å². The van der Waals surface area contributed by atoms with Crippen LogP contribution in [0.1, 0.15) is 11.5 Å². The summed E-state index contributed by atoms with van der Waals surface area (Å²) in [6.07, 6.45) is 0.634. The van der Waals surface area contributed by atoms with Crippen molar-refractivity contribution in [2.45, 2.75) is 12.2 Å². The van der Waals surface area contributed by atoms with Gasteiger partial charge in [0, 0.05) is 23.7 Å². The van der Waals surface area contributed by atoms with Gasteiger partial charge < -0.3 is 10.4 Å². The zero-order valence-electron chi connectivity index (χ0n) is 8.90. The van der Waals surface area contributed by atoms with Gasteiger partial charge in [0.1, 0.15) is 5.75 Å². The molecule has 2 aromatic rings. The van der Waals surface area contributed by atoms with Crippen molar-refractivity contribution in [2.24, 2.45) is 0 Å². The minimum absolute atomic E-state index is 0.333. The summed E-state index contributed by atoms with van der Waals surface area (Å²) in [5.41, 5.74) is 2.27. The predicted molar refractivity (Wildman–Crippen MR) is 67.4 cm³/mol. The molecule has 16 heavy (non-hydrogen) atoms. The molecule has 2 nitrogen and oxygen atoms in total. The van der Waals surface area contributed by atoms with Crippen molar-refractivity contribution in [2.75, 3.05) is 11.9 Å². The van der Waals surface area contributed by atoms with Crippen LogP contribution < -0.4 is 5.32 Å². The Balaban J connectivity index is 2.37. The number of nitrogens with one attached hydrogen (secondary N) is 1. The molecule has 3 rings (SSSR count). The van der Waals surface area contributed by atoms with Gasteiger partial charge >= 0.3 is 0 Å². The van der Waals surface area contributed by atoms with Crippen LogP contribution in [0.5, 0.6) is 5.75 Å². The number of benzene rings is 2. The minimum Gasteiger partial charge on any atom is -0.507 e. The molecule has 78 valence electrons. The van der Waals surface area contributed by atoms with Crippen molar-refractivity contribution in [3.8, 4) is 5.75 Å². The molecule has 1 aliphatic heterocycles. The number of phenols is 1. The largest absolute Gasteiger partial charge is 0.507 e. The lowest BCUT2D eigenvalue weighted by Gasteiger charge is -2.11. The van der Waals surface area contributed by atoms with Gasteiger partial charge in [-0.2, -0.15) is 0 Å². The van der Waals surface area contributed by atoms with Gasteiger partial charge in [0.05, 0.1) is 7.85 Å². The third kappa shape index (κ3) is 1.21. The van der Waals surface area contributed by atoms with Gasteiger partial charge in [0.2, 0.25) is 0 Å². The van der Waals surface area contributed by atoms with Crippen LogP contribution in [0, 0.1) is 0 Å². The topological polar surface area (TPSA) is 32.3 Å². The van der Waals surface area contributed by atoms with Crippen LogP contribution in [-0.2, 0) is 0 Å². The molecular formula is C13H12BNO. The Morgan fingerprint density at radius 2 is 2.06 bits per heavy atom. The second kappa shape index (κ2) is 3.44. The molecule has 1 atom stereocenters. The maximum absolute atomic E-state index is 9.92. The van der Waals surface area contributed by atoms with E-state index in [4.69, 9.17) is 7.85 Å². The SMILES string of the molecule is [B]CC1CNc2cc(O)c3ccccc3c21. The summed E-state index contributed by atoms with van der Waals surface area (Å²) in [4.78, 5) is 0. The molecule has 0 spiro atoms. The summed E-state index contributed by atoms with van der Waals surface area (Å²) in [6.45, 7) is 0.860. The fourth-order valence-corrected chi connectivity index (χ4v) is 2.50. The molecule has 0 bridgehead atoms. The summed E-state index contributed by atoms with van der Waals surface area (Å²) >= 11 is 0. The zero-order chi connectivity index (χ0) is 11.1. The number of phenolic OH excluding ortho intramolecular Hbond substituents is 1. The van der Waals surface area contributed by atoms with E-state index in [-0.39, 0.29) is 0 Å². The summed E-state index contributed by atoms with van der Waals surface area (Å²) in [7, 11) is 5.78. The van der Waals surface area contributed by atoms with Gasteiger partial charge in [0.25, 0.3) is 0 Å². The van der Waals surface area contributed by atoms with Crippen molar-refractivity contribution < 1.29 is 5.11 Å². The lowest BCUT2D eigenvalue weighted by Crippen LogP contribution is -2.00. The standard InChI is InChI=1S/C13H12BNO/c14-6-8-7-15-11-5-12(16)9-3-1-2-4-10(9)13(8)11/h1-5,8,15-16H,6-7H2. The maximum Gasteiger partial charge on any atom is 0.125 e. The molecule has 1 aliphatic rings. The molecule has 1 heterocycles. The predicted octanol–water partition coefficient (Wildman–Crippen LogP) is 2.64. The molecule has 0 aromatic heterocycles. The van der Waals surface area contributed by atoms with Crippen LogP contribution in [0.2, 0.25) is 6.32 Å². The average molecular weight is 209 g/mol. The number of fused-ring (bicyclic) bond motifs is 3. The Hall–Kier alpha value is -1.64. The quantitative estimate of drug-likeness (QED) is 0.707. The van der Waals surface area contributed by atoms with Crippen molar-refractivity contribution in [3.63, 3.8) is 0 Å². The Morgan fingerprint density at radius 1 is 1.31 bits per heavy atom. The van der Waals surface area contributed by atoms with Crippen LogP contribution in [0.3, 0.4) is 0 Å². The first-order valence-electron chi connectivity index (χ1n) is 5.50. The average Bonchev–Trinajstić information content (AvgIpc) is 2.72. The van der Waals surface area contributed by atoms with Gasteiger partial charge in [-0.3, -0.25) is 0 Å². The molecule has 1 unspecified atom stereocenters. The lowest BCUT2D eigenvalue weighted by molar-refractivity contribution is 0.482. The highest BCUT2D eigenvalue weighted by Gasteiger charge is 2.23. The number of anilines is 1. The van der Waals surface area contributed by atoms with E-state index in [0.29, 0.717) is 18.0 Å². The second-order valence-corrected chi connectivity index (χ2v) is 4.22. The summed E-state index contributed by atoms with van der Waals surface area (Å²) in [6, 6.07) is 9.72. The molecule has 0 saturated heterocycles. The van der Waals surface area contributed by atoms with Crippen LogP contribution >= 0.6 is 0 Å². The Kier molecular flexibility index (Phi) is 2.06. The van der Waals surface area contributed by atoms with Crippen molar-refractivity contribution in [3.05, 3.63) is 35.9 Å². The number of hydrogen-bond acceptors (Lipinski definition) is 2. The van der Waals surface area contributed by atoms with E-state index in [0.717, 1.165) is 23.0 Å². The fourth-order valence-electron chi connectivity index (χ4n) is 2.50. The summed E-state index contributed by atoms with van der Waals surface area (Å²) < 4.78 is 0. The Bertz CT molecular complexity index is 553. The van der Waals surface area contributed by atoms with Crippen molar-refractivity contribution in [1.82, 2.24) is 0 Å². The van der Waals surface area contributed by atoms with Crippen LogP contribution in [0.4, 0.5) is 5.69 Å². The summed E-state index contributed by atoms with van der Waals surface area (Å²) in [5, 5.41) is 15.2. The molecular weight excluding hydrogens is 197 g/mol. The third-order valence-corrected chi connectivity index (χ3v) is 3.30. The molecule has 2 N–H and O–H groups in total. The van der Waals surface area contributed by atoms with E-state index in [1.165, 1.54) is 5.56 Å². The van der Waals surface area contributed by atoms with E-state index < -0.39 is 0 Å². The Labute approximate surface area is 95.7 Å². The van der Waals surface area contributed by atoms with Crippen LogP contribution in [0.25, 0.3) is 10.8 Å². The van der Waals surface area contributed by atoms with Gasteiger partial charge in [0.15, 0.2) is 0 Å². The van der Waals surface area contributed by atoms with Crippen molar-refractivity contribution in [1.29, 1.82) is 0 Å². The van der Waals surface area contributed by atoms with Crippen LogP contribution in [-0.4, -0.2) is 19.5 Å². The summed E-state index contributed by atoms with van der Waals surface area (Å²) in [5.74, 6) is 0.681. The second-order valence-electron chi connectivity index (χ2n) is 4.22. The first-order chi connectivity index (χ1) is 7.81. The maximum atomic E-state index is 9.92. The van der Waals surface area contributed by atoms with E-state index >= 15 is 0 Å². The highest BCUT2D eigenvalue weighted by molar-refractivity contribution is 6.10. The molecule has 0 amide bonds. The normalized spacial score (nSPS) is 18.4. The molecule has 0 fully saturated rings. The first kappa shape index (κ1) is 9.58. The van der Waals surface area contributed by atoms with Gasteiger partial charge in [-0.1, -0.05) is 30.6 Å². The third-order valence-electron chi connectivity index (χ3n) is 3.30. The number of aromatic hydroxyl groups is 1. The molecule has 0 saturated carbocycles. The molecule has 2 radical (unpaired) electrons. The smallest absolute Gasteiger partial charge is 0.125 e. The molecule has 3 heteroatoms. The Morgan fingerprint density at radius 3 is 2.81 bits per heavy atom. The van der Waals surface area contributed by atoms with Gasteiger partial charge in [-0.05, 0) is 16.9 Å². The fraction of sp³-hybridized carbons (Fsp3) is 0.231. The number of rotatable bonds is 1. The van der Waals surface area contributed by atoms with E-state index in [9.17, 15) is 5.11 Å². The molecule has 2 aromatic carbocycles.